The van der Waals surface area contributed by atoms with Gasteiger partial charge in [-0.05, 0) is 44.2 Å². The van der Waals surface area contributed by atoms with Gasteiger partial charge in [0.2, 0.25) is 5.95 Å². The highest BCUT2D eigenvalue weighted by molar-refractivity contribution is 7.99. The van der Waals surface area contributed by atoms with Crippen molar-refractivity contribution in [2.24, 2.45) is 0 Å². The third kappa shape index (κ3) is 4.57. The number of ether oxygens (including phenoxy) is 1. The van der Waals surface area contributed by atoms with Gasteiger partial charge in [0.1, 0.15) is 0 Å². The maximum Gasteiger partial charge on any atom is 0.222 e. The highest BCUT2D eigenvalue weighted by atomic mass is 32.2. The van der Waals surface area contributed by atoms with Crippen LogP contribution in [-0.2, 0) is 11.3 Å². The number of aromatic nitrogens is 2. The summed E-state index contributed by atoms with van der Waals surface area (Å²) in [6, 6.07) is 0.707. The summed E-state index contributed by atoms with van der Waals surface area (Å²) in [4.78, 5) is 11.3. The average Bonchev–Trinajstić information content (AvgIpc) is 3.08. The quantitative estimate of drug-likeness (QED) is 0.868. The summed E-state index contributed by atoms with van der Waals surface area (Å²) in [5.74, 6) is 3.28. The first-order valence-electron chi connectivity index (χ1n) is 8.25. The Labute approximate surface area is 137 Å². The maximum absolute atomic E-state index is 5.59. The summed E-state index contributed by atoms with van der Waals surface area (Å²) in [6.07, 6.45) is 9.09. The Morgan fingerprint density at radius 1 is 1.27 bits per heavy atom. The number of hydrogen-bond acceptors (Lipinski definition) is 6. The number of nitrogens with one attached hydrogen (secondary N) is 1. The lowest BCUT2D eigenvalue weighted by Crippen LogP contribution is -2.34. The van der Waals surface area contributed by atoms with Crippen molar-refractivity contribution in [3.05, 3.63) is 18.0 Å². The van der Waals surface area contributed by atoms with Crippen LogP contribution in [-0.4, -0.2) is 58.7 Å². The Morgan fingerprint density at radius 2 is 2.05 bits per heavy atom. The smallest absolute Gasteiger partial charge is 0.222 e. The van der Waals surface area contributed by atoms with Gasteiger partial charge in [-0.3, -0.25) is 4.90 Å². The van der Waals surface area contributed by atoms with E-state index < -0.39 is 0 Å². The van der Waals surface area contributed by atoms with Gasteiger partial charge >= 0.3 is 0 Å². The molecule has 0 radical (unpaired) electrons. The SMILES string of the molecule is CN(Cc1cnc(NC[C@H]2CCCO2)nc1)C1CCSCC1. The molecule has 1 N–H and O–H groups in total. The standard InChI is InChI=1S/C16H26N4OS/c1-20(14-4-7-22-8-5-14)12-13-9-17-16(18-10-13)19-11-15-3-2-6-21-15/h9-10,14-15H,2-8,11-12H2,1H3,(H,17,18,19)/t15-/m1/s1. The summed E-state index contributed by atoms with van der Waals surface area (Å²) in [6.45, 7) is 2.62. The lowest BCUT2D eigenvalue weighted by atomic mass is 10.1. The molecule has 1 aromatic heterocycles. The Bertz CT molecular complexity index is 444. The van der Waals surface area contributed by atoms with Gasteiger partial charge in [-0.25, -0.2) is 9.97 Å². The average molecular weight is 322 g/mol. The van der Waals surface area contributed by atoms with E-state index in [-0.39, 0.29) is 0 Å². The zero-order chi connectivity index (χ0) is 15.2. The molecule has 3 rings (SSSR count). The fourth-order valence-electron chi connectivity index (χ4n) is 3.08. The van der Waals surface area contributed by atoms with Gasteiger partial charge in [-0.2, -0.15) is 11.8 Å². The predicted octanol–water partition coefficient (Wildman–Crippen LogP) is 2.39. The molecule has 2 saturated heterocycles. The molecule has 2 aliphatic rings. The van der Waals surface area contributed by atoms with Crippen molar-refractivity contribution in [1.29, 1.82) is 0 Å². The minimum atomic E-state index is 0.318. The van der Waals surface area contributed by atoms with E-state index in [1.54, 1.807) is 0 Å². The molecular weight excluding hydrogens is 296 g/mol. The minimum absolute atomic E-state index is 0.318. The van der Waals surface area contributed by atoms with E-state index in [4.69, 9.17) is 4.74 Å². The molecule has 0 aromatic carbocycles. The zero-order valence-electron chi connectivity index (χ0n) is 13.3. The molecule has 5 nitrogen and oxygen atoms in total. The number of thioether (sulfide) groups is 1. The van der Waals surface area contributed by atoms with E-state index in [0.29, 0.717) is 18.1 Å². The van der Waals surface area contributed by atoms with Gasteiger partial charge in [0.15, 0.2) is 0 Å². The normalized spacial score (nSPS) is 23.1. The first kappa shape index (κ1) is 16.0. The molecule has 0 amide bonds. The molecule has 0 aliphatic carbocycles. The highest BCUT2D eigenvalue weighted by Gasteiger charge is 2.18. The largest absolute Gasteiger partial charge is 0.376 e. The van der Waals surface area contributed by atoms with Crippen LogP contribution in [0.2, 0.25) is 0 Å². The monoisotopic (exact) mass is 322 g/mol. The number of anilines is 1. The van der Waals surface area contributed by atoms with Gasteiger partial charge in [-0.1, -0.05) is 0 Å². The van der Waals surface area contributed by atoms with Crippen LogP contribution in [0.5, 0.6) is 0 Å². The summed E-state index contributed by atoms with van der Waals surface area (Å²) < 4.78 is 5.59. The lowest BCUT2D eigenvalue weighted by Gasteiger charge is -2.30. The summed E-state index contributed by atoms with van der Waals surface area (Å²) in [7, 11) is 2.21. The Balaban J connectivity index is 1.45. The van der Waals surface area contributed by atoms with Crippen molar-refractivity contribution in [3.63, 3.8) is 0 Å². The molecular formula is C16H26N4OS. The third-order valence-corrected chi connectivity index (χ3v) is 5.51. The molecule has 1 aromatic rings. The van der Waals surface area contributed by atoms with Gasteiger partial charge in [0.05, 0.1) is 6.10 Å². The Kier molecular flexibility index (Phi) is 5.92. The molecule has 122 valence electrons. The molecule has 6 heteroatoms. The molecule has 2 aliphatic heterocycles. The van der Waals surface area contributed by atoms with Crippen molar-refractivity contribution >= 4 is 17.7 Å². The predicted molar refractivity (Wildman–Crippen MR) is 91.3 cm³/mol. The molecule has 0 unspecified atom stereocenters. The van der Waals surface area contributed by atoms with Crippen LogP contribution in [0, 0.1) is 0 Å². The van der Waals surface area contributed by atoms with Crippen LogP contribution in [0.4, 0.5) is 5.95 Å². The molecule has 1 atom stereocenters. The van der Waals surface area contributed by atoms with E-state index in [1.807, 2.05) is 12.4 Å². The molecule has 22 heavy (non-hydrogen) atoms. The molecule has 3 heterocycles. The Hall–Kier alpha value is -0.850. The first-order valence-corrected chi connectivity index (χ1v) is 9.41. The molecule has 0 bridgehead atoms. The van der Waals surface area contributed by atoms with Crippen molar-refractivity contribution in [1.82, 2.24) is 14.9 Å². The van der Waals surface area contributed by atoms with Gasteiger partial charge < -0.3 is 10.1 Å². The topological polar surface area (TPSA) is 50.3 Å². The number of rotatable bonds is 6. The van der Waals surface area contributed by atoms with Crippen molar-refractivity contribution in [2.75, 3.05) is 37.0 Å². The van der Waals surface area contributed by atoms with Gasteiger partial charge in [0, 0.05) is 43.7 Å². The van der Waals surface area contributed by atoms with Crippen LogP contribution in [0.3, 0.4) is 0 Å². The van der Waals surface area contributed by atoms with E-state index in [1.165, 1.54) is 29.9 Å². The van der Waals surface area contributed by atoms with Crippen molar-refractivity contribution in [3.8, 4) is 0 Å². The zero-order valence-corrected chi connectivity index (χ0v) is 14.1. The van der Waals surface area contributed by atoms with Gasteiger partial charge in [0.25, 0.3) is 0 Å². The van der Waals surface area contributed by atoms with Crippen molar-refractivity contribution < 1.29 is 4.74 Å². The number of hydrogen-bond donors (Lipinski definition) is 1. The van der Waals surface area contributed by atoms with E-state index in [2.05, 4.69) is 39.0 Å². The van der Waals surface area contributed by atoms with Crippen LogP contribution in [0.15, 0.2) is 12.4 Å². The van der Waals surface area contributed by atoms with Gasteiger partial charge in [-0.15, -0.1) is 0 Å². The maximum atomic E-state index is 5.59. The second-order valence-corrected chi connectivity index (χ2v) is 7.41. The van der Waals surface area contributed by atoms with Crippen molar-refractivity contribution in [2.45, 2.75) is 44.4 Å². The summed E-state index contributed by atoms with van der Waals surface area (Å²) in [5, 5.41) is 3.27. The number of nitrogens with zero attached hydrogens (tertiary/aromatic N) is 3. The minimum Gasteiger partial charge on any atom is -0.376 e. The van der Waals surface area contributed by atoms with E-state index in [0.717, 1.165) is 32.5 Å². The lowest BCUT2D eigenvalue weighted by molar-refractivity contribution is 0.120. The highest BCUT2D eigenvalue weighted by Crippen LogP contribution is 2.22. The van der Waals surface area contributed by atoms with E-state index in [9.17, 15) is 0 Å². The second-order valence-electron chi connectivity index (χ2n) is 6.19. The van der Waals surface area contributed by atoms with E-state index >= 15 is 0 Å². The third-order valence-electron chi connectivity index (χ3n) is 4.46. The molecule has 0 spiro atoms. The Morgan fingerprint density at radius 3 is 2.73 bits per heavy atom. The van der Waals surface area contributed by atoms with Crippen LogP contribution in [0.1, 0.15) is 31.2 Å². The van der Waals surface area contributed by atoms with Crippen LogP contribution >= 0.6 is 11.8 Å². The summed E-state index contributed by atoms with van der Waals surface area (Å²) in [5.41, 5.74) is 1.18. The molecule has 2 fully saturated rings. The first-order chi connectivity index (χ1) is 10.8. The second kappa shape index (κ2) is 8.13. The summed E-state index contributed by atoms with van der Waals surface area (Å²) >= 11 is 2.07. The fourth-order valence-corrected chi connectivity index (χ4v) is 4.16. The fraction of sp³-hybridized carbons (Fsp3) is 0.750. The molecule has 0 saturated carbocycles. The van der Waals surface area contributed by atoms with Crippen LogP contribution < -0.4 is 5.32 Å². The van der Waals surface area contributed by atoms with Crippen LogP contribution in [0.25, 0.3) is 0 Å².